The van der Waals surface area contributed by atoms with E-state index in [1.165, 1.54) is 0 Å². The monoisotopic (exact) mass is 635 g/mol. The van der Waals surface area contributed by atoms with Gasteiger partial charge in [0.25, 0.3) is 0 Å². The Morgan fingerprint density at radius 3 is 0.844 bits per heavy atom. The van der Waals surface area contributed by atoms with E-state index in [0.29, 0.717) is 0 Å². The summed E-state index contributed by atoms with van der Waals surface area (Å²) in [5.41, 5.74) is 0. The number of carbonyl (C=O) groups excluding carboxylic acids is 2. The van der Waals surface area contributed by atoms with Crippen LogP contribution in [0.2, 0.25) is 0 Å². The molecule has 0 heterocycles. The second-order valence-electron chi connectivity index (χ2n) is 7.03. The van der Waals surface area contributed by atoms with Crippen LogP contribution in [-0.4, -0.2) is 17.5 Å². The van der Waals surface area contributed by atoms with Gasteiger partial charge in [0.05, 0.1) is 0 Å². The normalized spacial score (nSPS) is 11.1. The number of hydrogen-bond donors (Lipinski definition) is 0. The fourth-order valence-corrected chi connectivity index (χ4v) is 10.5. The van der Waals surface area contributed by atoms with Crippen LogP contribution in [0.4, 0.5) is 0 Å². The van der Waals surface area contributed by atoms with Crippen molar-refractivity contribution in [3.63, 3.8) is 0 Å². The minimum Gasteiger partial charge on any atom is -0.301 e. The molecule has 4 aromatic rings. The van der Waals surface area contributed by atoms with Crippen molar-refractivity contribution in [2.75, 3.05) is 0 Å². The van der Waals surface area contributed by atoms with Gasteiger partial charge in [-0.15, -0.1) is 0 Å². The third-order valence-electron chi connectivity index (χ3n) is 5.12. The summed E-state index contributed by atoms with van der Waals surface area (Å²) < 4.78 is 0. The molecule has 0 radical (unpaired) electrons. The zero-order valence-electron chi connectivity index (χ0n) is 17.2. The summed E-state index contributed by atoms with van der Waals surface area (Å²) in [6, 6.07) is 39.9. The quantitative estimate of drug-likeness (QED) is 0.164. The molecule has 0 aromatic heterocycles. The van der Waals surface area contributed by atoms with Gasteiger partial charge < -0.3 is 9.59 Å². The first-order valence-corrected chi connectivity index (χ1v) is 12.7. The van der Waals surface area contributed by atoms with Crippen LogP contribution >= 0.6 is 15.8 Å². The van der Waals surface area contributed by atoms with Gasteiger partial charge in [0, 0.05) is 21.1 Å². The molecule has 0 N–H and O–H groups in total. The molecule has 0 unspecified atom stereocenters. The van der Waals surface area contributed by atoms with Crippen LogP contribution in [-0.2, 0) is 30.7 Å². The molecule has 4 aromatic carbocycles. The SMILES string of the molecule is O=CC(C=O)(P(c1ccccc1)c1ccccc1)P(c1ccccc1)c1ccccc1.[Pt]. The minimum atomic E-state index is -1.29. The summed E-state index contributed by atoms with van der Waals surface area (Å²) in [6.45, 7) is 0. The van der Waals surface area contributed by atoms with Gasteiger partial charge in [-0.1, -0.05) is 121 Å². The Hall–Kier alpha value is -2.23. The maximum absolute atomic E-state index is 13.0. The molecule has 0 atom stereocenters. The maximum atomic E-state index is 13.0. The van der Waals surface area contributed by atoms with Crippen LogP contribution < -0.4 is 21.2 Å². The van der Waals surface area contributed by atoms with E-state index in [-0.39, 0.29) is 21.1 Å². The molecular weight excluding hydrogens is 613 g/mol. The van der Waals surface area contributed by atoms with Crippen molar-refractivity contribution < 1.29 is 30.7 Å². The molecule has 0 saturated carbocycles. The average Bonchev–Trinajstić information content (AvgIpc) is 2.86. The molecule has 0 bridgehead atoms. The third kappa shape index (κ3) is 4.89. The van der Waals surface area contributed by atoms with Crippen molar-refractivity contribution >= 4 is 49.6 Å². The fraction of sp³-hybridized carbons (Fsp3) is 0.0370. The molecule has 162 valence electrons. The van der Waals surface area contributed by atoms with Gasteiger partial charge >= 0.3 is 0 Å². The van der Waals surface area contributed by atoms with Crippen molar-refractivity contribution in [3.05, 3.63) is 121 Å². The molecule has 4 rings (SSSR count). The Balaban J connectivity index is 0.00000289. The van der Waals surface area contributed by atoms with E-state index in [2.05, 4.69) is 0 Å². The maximum Gasteiger partial charge on any atom is 0.143 e. The summed E-state index contributed by atoms with van der Waals surface area (Å²) in [4.78, 5) is 24.9. The number of benzene rings is 4. The molecule has 0 aliphatic carbocycles. The van der Waals surface area contributed by atoms with E-state index in [1.54, 1.807) is 0 Å². The van der Waals surface area contributed by atoms with E-state index >= 15 is 0 Å². The van der Waals surface area contributed by atoms with Crippen LogP contribution in [0.3, 0.4) is 0 Å². The summed E-state index contributed by atoms with van der Waals surface area (Å²) in [5, 5.41) is 4.06. The Morgan fingerprint density at radius 1 is 0.438 bits per heavy atom. The first-order chi connectivity index (χ1) is 15.3. The topological polar surface area (TPSA) is 34.1 Å². The standard InChI is InChI=1S/C27H22O2P2.Pt/c28-21-27(22-29,30(23-13-5-1-6-14-23)24-15-7-2-8-16-24)31(25-17-9-3-10-18-25)26-19-11-4-12-20-26;/h1-22H;. The first-order valence-electron chi connectivity index (χ1n) is 10.0. The zero-order valence-corrected chi connectivity index (χ0v) is 21.3. The molecule has 0 fully saturated rings. The molecule has 0 aliphatic rings. The van der Waals surface area contributed by atoms with Crippen LogP contribution in [0.5, 0.6) is 0 Å². The van der Waals surface area contributed by atoms with Gasteiger partial charge in [-0.05, 0) is 37.1 Å². The predicted octanol–water partition coefficient (Wildman–Crippen LogP) is 4.34. The number of rotatable bonds is 8. The van der Waals surface area contributed by atoms with Crippen LogP contribution in [0, 0.1) is 0 Å². The largest absolute Gasteiger partial charge is 0.301 e. The van der Waals surface area contributed by atoms with E-state index in [4.69, 9.17) is 0 Å². The Kier molecular flexibility index (Phi) is 8.83. The van der Waals surface area contributed by atoms with Gasteiger partial charge in [0.2, 0.25) is 0 Å². The summed E-state index contributed by atoms with van der Waals surface area (Å²) in [5.74, 6) is 0. The molecular formula is C27H22O2P2Pt. The Morgan fingerprint density at radius 2 is 0.656 bits per heavy atom. The fourth-order valence-electron chi connectivity index (χ4n) is 3.77. The summed E-state index contributed by atoms with van der Waals surface area (Å²) >= 11 is 0. The molecule has 0 saturated heterocycles. The molecule has 0 amide bonds. The Labute approximate surface area is 205 Å². The van der Waals surface area contributed by atoms with Gasteiger partial charge in [-0.25, -0.2) is 0 Å². The molecule has 0 spiro atoms. The summed E-state index contributed by atoms with van der Waals surface area (Å²) in [7, 11) is -2.59. The van der Waals surface area contributed by atoms with Crippen LogP contribution in [0.15, 0.2) is 121 Å². The van der Waals surface area contributed by atoms with Crippen molar-refractivity contribution in [2.24, 2.45) is 0 Å². The summed E-state index contributed by atoms with van der Waals surface area (Å²) in [6.07, 6.45) is 1.83. The first kappa shape index (κ1) is 24.4. The Bertz CT molecular complexity index is 951. The zero-order chi connectivity index (χ0) is 21.5. The van der Waals surface area contributed by atoms with Gasteiger partial charge in [0.1, 0.15) is 17.5 Å². The van der Waals surface area contributed by atoms with E-state index in [9.17, 15) is 9.59 Å². The smallest absolute Gasteiger partial charge is 0.143 e. The van der Waals surface area contributed by atoms with Crippen molar-refractivity contribution in [3.8, 4) is 0 Å². The average molecular weight is 635 g/mol. The van der Waals surface area contributed by atoms with Crippen molar-refractivity contribution in [2.45, 2.75) is 4.90 Å². The molecule has 5 heteroatoms. The molecule has 2 nitrogen and oxygen atoms in total. The van der Waals surface area contributed by atoms with Gasteiger partial charge in [0.15, 0.2) is 0 Å². The van der Waals surface area contributed by atoms with Crippen molar-refractivity contribution in [1.29, 1.82) is 0 Å². The van der Waals surface area contributed by atoms with Gasteiger partial charge in [-0.2, -0.15) is 0 Å². The molecule has 0 aliphatic heterocycles. The molecule has 32 heavy (non-hydrogen) atoms. The van der Waals surface area contributed by atoms with E-state index in [0.717, 1.165) is 33.8 Å². The van der Waals surface area contributed by atoms with Crippen molar-refractivity contribution in [1.82, 2.24) is 0 Å². The second kappa shape index (κ2) is 11.6. The van der Waals surface area contributed by atoms with E-state index < -0.39 is 20.7 Å². The van der Waals surface area contributed by atoms with E-state index in [1.807, 2.05) is 121 Å². The number of carbonyl (C=O) groups is 2. The third-order valence-corrected chi connectivity index (χ3v) is 11.4. The van der Waals surface area contributed by atoms with Gasteiger partial charge in [-0.3, -0.25) is 0 Å². The van der Waals surface area contributed by atoms with Crippen LogP contribution in [0.1, 0.15) is 0 Å². The predicted molar refractivity (Wildman–Crippen MR) is 133 cm³/mol. The van der Waals surface area contributed by atoms with Crippen LogP contribution in [0.25, 0.3) is 0 Å². The minimum absolute atomic E-state index is 0. The second-order valence-corrected chi connectivity index (χ2v) is 12.3. The number of aldehydes is 2. The number of hydrogen-bond acceptors (Lipinski definition) is 2.